The highest BCUT2D eigenvalue weighted by Gasteiger charge is 2.17. The van der Waals surface area contributed by atoms with E-state index in [9.17, 15) is 9.59 Å². The molecular formula is C14H18N2O2. The van der Waals surface area contributed by atoms with Crippen molar-refractivity contribution in [2.75, 3.05) is 26.2 Å². The first-order valence-electron chi connectivity index (χ1n) is 6.35. The summed E-state index contributed by atoms with van der Waals surface area (Å²) < 4.78 is 0. The molecule has 0 radical (unpaired) electrons. The van der Waals surface area contributed by atoms with Gasteiger partial charge < -0.3 is 10.2 Å². The number of piperazine rings is 1. The van der Waals surface area contributed by atoms with Gasteiger partial charge in [-0.25, -0.2) is 0 Å². The number of carbonyl (C=O) groups is 2. The minimum atomic E-state index is 0.0481. The van der Waals surface area contributed by atoms with Crippen molar-refractivity contribution in [2.24, 2.45) is 0 Å². The zero-order chi connectivity index (χ0) is 13.0. The van der Waals surface area contributed by atoms with Gasteiger partial charge >= 0.3 is 0 Å². The number of Topliss-reactive ketones (excluding diaryl/α,β-unsaturated/α-hetero) is 1. The van der Waals surface area contributed by atoms with Gasteiger partial charge in [0.15, 0.2) is 5.78 Å². The fourth-order valence-corrected chi connectivity index (χ4v) is 2.05. The number of carbonyl (C=O) groups excluding carboxylic acids is 2. The summed E-state index contributed by atoms with van der Waals surface area (Å²) in [5.74, 6) is 0.156. The third kappa shape index (κ3) is 2.76. The van der Waals surface area contributed by atoms with Crippen LogP contribution in [-0.2, 0) is 0 Å². The molecule has 1 amide bonds. The molecule has 1 aromatic carbocycles. The summed E-state index contributed by atoms with van der Waals surface area (Å²) >= 11 is 0. The third-order valence-electron chi connectivity index (χ3n) is 3.18. The lowest BCUT2D eigenvalue weighted by Crippen LogP contribution is -2.46. The Morgan fingerprint density at radius 2 is 1.67 bits per heavy atom. The zero-order valence-electron chi connectivity index (χ0n) is 10.6. The Balaban J connectivity index is 2.08. The molecule has 0 bridgehead atoms. The van der Waals surface area contributed by atoms with Crippen LogP contribution in [0.5, 0.6) is 0 Å². The van der Waals surface area contributed by atoms with Gasteiger partial charge in [-0.3, -0.25) is 9.59 Å². The molecule has 96 valence electrons. The average molecular weight is 246 g/mol. The van der Waals surface area contributed by atoms with Crippen molar-refractivity contribution in [3.63, 3.8) is 0 Å². The minimum Gasteiger partial charge on any atom is -0.336 e. The number of rotatable bonds is 3. The van der Waals surface area contributed by atoms with E-state index in [0.29, 0.717) is 17.5 Å². The molecule has 2 rings (SSSR count). The number of benzene rings is 1. The first-order chi connectivity index (χ1) is 8.72. The van der Waals surface area contributed by atoms with E-state index in [1.807, 2.05) is 11.8 Å². The van der Waals surface area contributed by atoms with Crippen LogP contribution in [0.2, 0.25) is 0 Å². The molecule has 1 fully saturated rings. The van der Waals surface area contributed by atoms with Gasteiger partial charge in [0.05, 0.1) is 0 Å². The first-order valence-corrected chi connectivity index (χ1v) is 6.35. The van der Waals surface area contributed by atoms with Crippen LogP contribution >= 0.6 is 0 Å². The van der Waals surface area contributed by atoms with E-state index >= 15 is 0 Å². The van der Waals surface area contributed by atoms with Crippen molar-refractivity contribution in [2.45, 2.75) is 13.3 Å². The van der Waals surface area contributed by atoms with Crippen LogP contribution in [0.4, 0.5) is 0 Å². The van der Waals surface area contributed by atoms with Crippen LogP contribution in [0.25, 0.3) is 0 Å². The van der Waals surface area contributed by atoms with Crippen molar-refractivity contribution in [1.29, 1.82) is 0 Å². The molecule has 1 aliphatic heterocycles. The highest BCUT2D eigenvalue weighted by molar-refractivity contribution is 5.98. The minimum absolute atomic E-state index is 0.0481. The molecule has 1 N–H and O–H groups in total. The fourth-order valence-electron chi connectivity index (χ4n) is 2.05. The van der Waals surface area contributed by atoms with Crippen molar-refractivity contribution in [1.82, 2.24) is 10.2 Å². The number of hydrogen-bond donors (Lipinski definition) is 1. The van der Waals surface area contributed by atoms with Crippen molar-refractivity contribution in [3.8, 4) is 0 Å². The van der Waals surface area contributed by atoms with Crippen molar-refractivity contribution < 1.29 is 9.59 Å². The summed E-state index contributed by atoms with van der Waals surface area (Å²) in [6.07, 6.45) is 0.491. The fraction of sp³-hybridized carbons (Fsp3) is 0.429. The lowest BCUT2D eigenvalue weighted by Gasteiger charge is -2.27. The van der Waals surface area contributed by atoms with Crippen LogP contribution < -0.4 is 5.32 Å². The third-order valence-corrected chi connectivity index (χ3v) is 3.18. The molecule has 0 aromatic heterocycles. The van der Waals surface area contributed by atoms with Gasteiger partial charge in [0.1, 0.15) is 0 Å². The Bertz CT molecular complexity index is 434. The van der Waals surface area contributed by atoms with E-state index in [1.54, 1.807) is 24.3 Å². The summed E-state index contributed by atoms with van der Waals surface area (Å²) in [5.41, 5.74) is 1.33. The monoisotopic (exact) mass is 246 g/mol. The molecular weight excluding hydrogens is 228 g/mol. The Morgan fingerprint density at radius 1 is 1.11 bits per heavy atom. The lowest BCUT2D eigenvalue weighted by atomic mass is 10.1. The Kier molecular flexibility index (Phi) is 4.10. The molecule has 18 heavy (non-hydrogen) atoms. The Labute approximate surface area is 107 Å². The average Bonchev–Trinajstić information content (AvgIpc) is 2.47. The summed E-state index contributed by atoms with van der Waals surface area (Å²) in [5, 5.41) is 3.21. The predicted octanol–water partition coefficient (Wildman–Crippen LogP) is 1.32. The van der Waals surface area contributed by atoms with E-state index in [-0.39, 0.29) is 11.7 Å². The van der Waals surface area contributed by atoms with Crippen LogP contribution in [0.1, 0.15) is 34.1 Å². The molecule has 1 aliphatic rings. The van der Waals surface area contributed by atoms with Crippen LogP contribution in [0.15, 0.2) is 24.3 Å². The molecule has 0 aliphatic carbocycles. The number of nitrogens with zero attached hydrogens (tertiary/aromatic N) is 1. The van der Waals surface area contributed by atoms with Crippen LogP contribution in [-0.4, -0.2) is 42.8 Å². The van der Waals surface area contributed by atoms with Gasteiger partial charge in [0.2, 0.25) is 0 Å². The van der Waals surface area contributed by atoms with E-state index < -0.39 is 0 Å². The molecule has 0 unspecified atom stereocenters. The topological polar surface area (TPSA) is 49.4 Å². The first kappa shape index (κ1) is 12.8. The summed E-state index contributed by atoms with van der Waals surface area (Å²) in [6, 6.07) is 6.96. The van der Waals surface area contributed by atoms with E-state index in [4.69, 9.17) is 0 Å². The molecule has 1 heterocycles. The number of hydrogen-bond acceptors (Lipinski definition) is 3. The molecule has 0 saturated carbocycles. The SMILES string of the molecule is CCC(=O)c1ccc(C(=O)N2CCNCC2)cc1. The summed E-state index contributed by atoms with van der Waals surface area (Å²) in [4.78, 5) is 25.5. The molecule has 4 heteroatoms. The van der Waals surface area contributed by atoms with Gasteiger partial charge in [0, 0.05) is 43.7 Å². The standard InChI is InChI=1S/C14H18N2O2/c1-2-13(17)11-3-5-12(6-4-11)14(18)16-9-7-15-8-10-16/h3-6,15H,2,7-10H2,1H3. The van der Waals surface area contributed by atoms with Gasteiger partial charge in [-0.05, 0) is 12.1 Å². The van der Waals surface area contributed by atoms with Crippen LogP contribution in [0, 0.1) is 0 Å². The van der Waals surface area contributed by atoms with Crippen LogP contribution in [0.3, 0.4) is 0 Å². The van der Waals surface area contributed by atoms with Gasteiger partial charge in [-0.1, -0.05) is 19.1 Å². The Hall–Kier alpha value is -1.68. The van der Waals surface area contributed by atoms with Gasteiger partial charge in [-0.15, -0.1) is 0 Å². The second-order valence-corrected chi connectivity index (χ2v) is 4.40. The van der Waals surface area contributed by atoms with Crippen molar-refractivity contribution in [3.05, 3.63) is 35.4 Å². The highest BCUT2D eigenvalue weighted by atomic mass is 16.2. The van der Waals surface area contributed by atoms with Gasteiger partial charge in [0.25, 0.3) is 5.91 Å². The zero-order valence-corrected chi connectivity index (χ0v) is 10.6. The predicted molar refractivity (Wildman–Crippen MR) is 69.8 cm³/mol. The second-order valence-electron chi connectivity index (χ2n) is 4.40. The number of amides is 1. The Morgan fingerprint density at radius 3 is 2.22 bits per heavy atom. The molecule has 1 saturated heterocycles. The normalized spacial score (nSPS) is 15.5. The second kappa shape index (κ2) is 5.78. The smallest absolute Gasteiger partial charge is 0.253 e. The molecule has 0 atom stereocenters. The maximum Gasteiger partial charge on any atom is 0.253 e. The maximum atomic E-state index is 12.2. The summed E-state index contributed by atoms with van der Waals surface area (Å²) in [7, 11) is 0. The maximum absolute atomic E-state index is 12.2. The van der Waals surface area contributed by atoms with E-state index in [2.05, 4.69) is 5.32 Å². The molecule has 1 aromatic rings. The quantitative estimate of drug-likeness (QED) is 0.818. The number of nitrogens with one attached hydrogen (secondary N) is 1. The molecule has 0 spiro atoms. The molecule has 4 nitrogen and oxygen atoms in total. The van der Waals surface area contributed by atoms with Gasteiger partial charge in [-0.2, -0.15) is 0 Å². The largest absolute Gasteiger partial charge is 0.336 e. The lowest BCUT2D eigenvalue weighted by molar-refractivity contribution is 0.0735. The summed E-state index contributed by atoms with van der Waals surface area (Å²) in [6.45, 7) is 5.02. The van der Waals surface area contributed by atoms with Crippen molar-refractivity contribution >= 4 is 11.7 Å². The highest BCUT2D eigenvalue weighted by Crippen LogP contribution is 2.10. The van der Waals surface area contributed by atoms with E-state index in [1.165, 1.54) is 0 Å². The van der Waals surface area contributed by atoms with E-state index in [0.717, 1.165) is 26.2 Å². The number of ketones is 1.